The lowest BCUT2D eigenvalue weighted by Crippen LogP contribution is -2.36. The Morgan fingerprint density at radius 3 is 2.36 bits per heavy atom. The molecule has 0 aromatic heterocycles. The van der Waals surface area contributed by atoms with Crippen molar-refractivity contribution >= 4 is 0 Å². The standard InChI is InChI=1S/C10H21N/c1-5-6-7-8-9-11-10(2,3)4/h5,11H,1,6-9H2,2-4H3. The van der Waals surface area contributed by atoms with Gasteiger partial charge in [0.25, 0.3) is 0 Å². The molecule has 0 aliphatic rings. The van der Waals surface area contributed by atoms with Crippen molar-refractivity contribution in [2.24, 2.45) is 0 Å². The molecular formula is C10H21N. The van der Waals surface area contributed by atoms with Crippen LogP contribution in [0.2, 0.25) is 0 Å². The highest BCUT2D eigenvalue weighted by Gasteiger charge is 2.06. The molecule has 0 saturated carbocycles. The Hall–Kier alpha value is -0.300. The summed E-state index contributed by atoms with van der Waals surface area (Å²) in [5.74, 6) is 0. The molecule has 0 aromatic rings. The fourth-order valence-corrected chi connectivity index (χ4v) is 0.877. The predicted molar refractivity (Wildman–Crippen MR) is 51.8 cm³/mol. The lowest BCUT2D eigenvalue weighted by Gasteiger charge is -2.20. The Kier molecular flexibility index (Phi) is 5.22. The van der Waals surface area contributed by atoms with E-state index >= 15 is 0 Å². The molecule has 1 N–H and O–H groups in total. The van der Waals surface area contributed by atoms with Crippen molar-refractivity contribution in [1.29, 1.82) is 0 Å². The lowest BCUT2D eigenvalue weighted by molar-refractivity contribution is 0.419. The molecule has 1 heteroatoms. The summed E-state index contributed by atoms with van der Waals surface area (Å²) in [5, 5.41) is 3.45. The Bertz CT molecular complexity index is 99.9. The van der Waals surface area contributed by atoms with Crippen LogP contribution in [0.4, 0.5) is 0 Å². The van der Waals surface area contributed by atoms with Crippen LogP contribution in [0.5, 0.6) is 0 Å². The van der Waals surface area contributed by atoms with Gasteiger partial charge in [-0.05, 0) is 46.6 Å². The molecule has 0 heterocycles. The first-order valence-electron chi connectivity index (χ1n) is 4.42. The van der Waals surface area contributed by atoms with Crippen LogP contribution in [-0.2, 0) is 0 Å². The molecule has 0 aliphatic heterocycles. The average molecular weight is 155 g/mol. The van der Waals surface area contributed by atoms with Crippen molar-refractivity contribution in [3.05, 3.63) is 12.7 Å². The fraction of sp³-hybridized carbons (Fsp3) is 0.800. The van der Waals surface area contributed by atoms with Gasteiger partial charge in [0.2, 0.25) is 0 Å². The van der Waals surface area contributed by atoms with Gasteiger partial charge in [-0.2, -0.15) is 0 Å². The van der Waals surface area contributed by atoms with E-state index in [1.54, 1.807) is 0 Å². The number of unbranched alkanes of at least 4 members (excludes halogenated alkanes) is 2. The van der Waals surface area contributed by atoms with Gasteiger partial charge in [-0.25, -0.2) is 0 Å². The quantitative estimate of drug-likeness (QED) is 0.475. The minimum atomic E-state index is 0.272. The van der Waals surface area contributed by atoms with Crippen molar-refractivity contribution in [2.75, 3.05) is 6.54 Å². The highest BCUT2D eigenvalue weighted by atomic mass is 14.9. The molecule has 66 valence electrons. The molecule has 11 heavy (non-hydrogen) atoms. The van der Waals surface area contributed by atoms with E-state index in [1.165, 1.54) is 12.8 Å². The second-order valence-corrected chi connectivity index (χ2v) is 3.96. The number of nitrogens with one attached hydrogen (secondary N) is 1. The summed E-state index contributed by atoms with van der Waals surface area (Å²) in [6.45, 7) is 11.4. The van der Waals surface area contributed by atoms with Gasteiger partial charge in [0.15, 0.2) is 0 Å². The molecule has 0 bridgehead atoms. The summed E-state index contributed by atoms with van der Waals surface area (Å²) in [6, 6.07) is 0. The van der Waals surface area contributed by atoms with Crippen molar-refractivity contribution in [3.63, 3.8) is 0 Å². The summed E-state index contributed by atoms with van der Waals surface area (Å²) in [6.07, 6.45) is 5.64. The second kappa shape index (κ2) is 5.36. The third-order valence-electron chi connectivity index (χ3n) is 1.49. The first kappa shape index (κ1) is 10.7. The van der Waals surface area contributed by atoms with Gasteiger partial charge >= 0.3 is 0 Å². The van der Waals surface area contributed by atoms with E-state index in [0.717, 1.165) is 13.0 Å². The molecule has 0 aromatic carbocycles. The van der Waals surface area contributed by atoms with Crippen LogP contribution in [0.1, 0.15) is 40.0 Å². The van der Waals surface area contributed by atoms with Crippen molar-refractivity contribution in [2.45, 2.75) is 45.6 Å². The second-order valence-electron chi connectivity index (χ2n) is 3.96. The topological polar surface area (TPSA) is 12.0 Å². The van der Waals surface area contributed by atoms with Crippen LogP contribution in [0, 0.1) is 0 Å². The summed E-state index contributed by atoms with van der Waals surface area (Å²) < 4.78 is 0. The van der Waals surface area contributed by atoms with Gasteiger partial charge in [-0.3, -0.25) is 0 Å². The van der Waals surface area contributed by atoms with Gasteiger partial charge in [0, 0.05) is 5.54 Å². The Labute approximate surface area is 70.9 Å². The number of hydrogen-bond donors (Lipinski definition) is 1. The van der Waals surface area contributed by atoms with Gasteiger partial charge in [-0.1, -0.05) is 6.08 Å². The first-order chi connectivity index (χ1) is 5.06. The van der Waals surface area contributed by atoms with Crippen molar-refractivity contribution in [3.8, 4) is 0 Å². The zero-order chi connectivity index (χ0) is 8.74. The minimum absolute atomic E-state index is 0.272. The average Bonchev–Trinajstić information content (AvgIpc) is 1.85. The lowest BCUT2D eigenvalue weighted by atomic mass is 10.1. The molecule has 0 aliphatic carbocycles. The number of hydrogen-bond acceptors (Lipinski definition) is 1. The maximum absolute atomic E-state index is 3.69. The number of rotatable bonds is 5. The van der Waals surface area contributed by atoms with Crippen molar-refractivity contribution < 1.29 is 0 Å². The van der Waals surface area contributed by atoms with Gasteiger partial charge in [-0.15, -0.1) is 6.58 Å². The predicted octanol–water partition coefficient (Wildman–Crippen LogP) is 2.73. The summed E-state index contributed by atoms with van der Waals surface area (Å²) >= 11 is 0. The molecule has 0 amide bonds. The molecule has 1 nitrogen and oxygen atoms in total. The smallest absolute Gasteiger partial charge is 0.00965 e. The fourth-order valence-electron chi connectivity index (χ4n) is 0.877. The molecular weight excluding hydrogens is 134 g/mol. The summed E-state index contributed by atoms with van der Waals surface area (Å²) in [7, 11) is 0. The van der Waals surface area contributed by atoms with E-state index in [4.69, 9.17) is 0 Å². The largest absolute Gasteiger partial charge is 0.312 e. The van der Waals surface area contributed by atoms with Crippen LogP contribution >= 0.6 is 0 Å². The van der Waals surface area contributed by atoms with E-state index in [9.17, 15) is 0 Å². The molecule has 0 fully saturated rings. The maximum atomic E-state index is 3.69. The van der Waals surface area contributed by atoms with Crippen LogP contribution in [0.15, 0.2) is 12.7 Å². The Morgan fingerprint density at radius 2 is 1.91 bits per heavy atom. The monoisotopic (exact) mass is 155 g/mol. The third kappa shape index (κ3) is 9.70. The third-order valence-corrected chi connectivity index (χ3v) is 1.49. The van der Waals surface area contributed by atoms with Gasteiger partial charge in [0.1, 0.15) is 0 Å². The first-order valence-corrected chi connectivity index (χ1v) is 4.42. The molecule has 0 saturated heterocycles. The highest BCUT2D eigenvalue weighted by Crippen LogP contribution is 2.00. The molecule has 0 spiro atoms. The van der Waals surface area contributed by atoms with Crippen LogP contribution in [0.3, 0.4) is 0 Å². The zero-order valence-electron chi connectivity index (χ0n) is 8.11. The van der Waals surface area contributed by atoms with Crippen LogP contribution in [-0.4, -0.2) is 12.1 Å². The Balaban J connectivity index is 3.08. The van der Waals surface area contributed by atoms with E-state index in [-0.39, 0.29) is 5.54 Å². The van der Waals surface area contributed by atoms with E-state index in [0.29, 0.717) is 0 Å². The molecule has 0 radical (unpaired) electrons. The van der Waals surface area contributed by atoms with E-state index in [1.807, 2.05) is 6.08 Å². The summed E-state index contributed by atoms with van der Waals surface area (Å²) in [5.41, 5.74) is 0.272. The molecule has 0 unspecified atom stereocenters. The normalized spacial score (nSPS) is 11.5. The minimum Gasteiger partial charge on any atom is -0.312 e. The van der Waals surface area contributed by atoms with Crippen LogP contribution < -0.4 is 5.32 Å². The van der Waals surface area contributed by atoms with Crippen LogP contribution in [0.25, 0.3) is 0 Å². The van der Waals surface area contributed by atoms with E-state index in [2.05, 4.69) is 32.7 Å². The number of allylic oxidation sites excluding steroid dienone is 1. The summed E-state index contributed by atoms with van der Waals surface area (Å²) in [4.78, 5) is 0. The molecule has 0 atom stereocenters. The highest BCUT2D eigenvalue weighted by molar-refractivity contribution is 4.71. The molecule has 0 rings (SSSR count). The Morgan fingerprint density at radius 1 is 1.27 bits per heavy atom. The SMILES string of the molecule is C=CCCCCNC(C)(C)C. The van der Waals surface area contributed by atoms with Gasteiger partial charge in [0.05, 0.1) is 0 Å². The van der Waals surface area contributed by atoms with E-state index < -0.39 is 0 Å². The van der Waals surface area contributed by atoms with Crippen molar-refractivity contribution in [1.82, 2.24) is 5.32 Å². The maximum Gasteiger partial charge on any atom is 0.00965 e. The zero-order valence-corrected chi connectivity index (χ0v) is 8.11. The van der Waals surface area contributed by atoms with Gasteiger partial charge < -0.3 is 5.32 Å².